The van der Waals surface area contributed by atoms with E-state index in [0.717, 1.165) is 24.8 Å². The molecule has 1 fully saturated rings. The predicted octanol–water partition coefficient (Wildman–Crippen LogP) is 3.09. The van der Waals surface area contributed by atoms with E-state index in [9.17, 15) is 9.59 Å². The van der Waals surface area contributed by atoms with Gasteiger partial charge in [0.1, 0.15) is 5.60 Å². The Morgan fingerprint density at radius 3 is 2.33 bits per heavy atom. The minimum absolute atomic E-state index is 0.161. The van der Waals surface area contributed by atoms with Gasteiger partial charge in [-0.25, -0.2) is 4.79 Å². The molecule has 3 nitrogen and oxygen atoms in total. The average molecular weight is 268 g/mol. The maximum absolute atomic E-state index is 12.0. The molecule has 0 spiro atoms. The van der Waals surface area contributed by atoms with Crippen molar-refractivity contribution in [3.05, 3.63) is 11.1 Å². The van der Waals surface area contributed by atoms with Gasteiger partial charge in [0, 0.05) is 17.7 Å². The van der Waals surface area contributed by atoms with Gasteiger partial charge in [-0.15, -0.1) is 0 Å². The summed E-state index contributed by atoms with van der Waals surface area (Å²) in [6, 6.07) is 0. The van der Waals surface area contributed by atoms with Crippen molar-refractivity contribution in [2.45, 2.75) is 57.8 Å². The van der Waals surface area contributed by atoms with Gasteiger partial charge >= 0.3 is 5.97 Å². The molecule has 0 aromatic heterocycles. The lowest BCUT2D eigenvalue weighted by atomic mass is 9.98. The second kappa shape index (κ2) is 4.72. The summed E-state index contributed by atoms with van der Waals surface area (Å²) in [5.74, 6) is 0.294. The summed E-state index contributed by atoms with van der Waals surface area (Å²) in [5.41, 5.74) is 1.66. The standard InChI is InChI=1S/C14H20O3S/c1-8(15)18-12-7-9-5-10(12)6-11(9)13(16)17-14(2,3)4/h10,12H,5-7H2,1-4H3. The normalized spacial score (nSPS) is 26.7. The van der Waals surface area contributed by atoms with Crippen LogP contribution in [0.15, 0.2) is 11.1 Å². The van der Waals surface area contributed by atoms with Gasteiger partial charge < -0.3 is 4.74 Å². The number of carbonyl (C=O) groups is 2. The van der Waals surface area contributed by atoms with Gasteiger partial charge in [0.25, 0.3) is 0 Å². The molecule has 2 bridgehead atoms. The van der Waals surface area contributed by atoms with Crippen LogP contribution in [0, 0.1) is 5.92 Å². The molecular formula is C14H20O3S. The molecule has 2 rings (SSSR count). The summed E-state index contributed by atoms with van der Waals surface area (Å²) in [7, 11) is 0. The van der Waals surface area contributed by atoms with Crippen molar-refractivity contribution in [2.24, 2.45) is 5.92 Å². The summed E-state index contributed by atoms with van der Waals surface area (Å²) < 4.78 is 5.42. The number of thioether (sulfide) groups is 1. The number of fused-ring (bicyclic) bond motifs is 2. The molecule has 0 aliphatic heterocycles. The molecule has 0 saturated heterocycles. The number of ether oxygens (including phenoxy) is 1. The third-order valence-corrected chi connectivity index (χ3v) is 4.52. The van der Waals surface area contributed by atoms with E-state index in [1.807, 2.05) is 20.8 Å². The maximum atomic E-state index is 12.0. The first-order valence-electron chi connectivity index (χ1n) is 6.38. The van der Waals surface area contributed by atoms with Gasteiger partial charge in [0.15, 0.2) is 5.12 Å². The summed E-state index contributed by atoms with van der Waals surface area (Å²) in [6.07, 6.45) is 2.64. The summed E-state index contributed by atoms with van der Waals surface area (Å²) in [5, 5.41) is 0.552. The van der Waals surface area contributed by atoms with Crippen LogP contribution in [-0.4, -0.2) is 21.9 Å². The monoisotopic (exact) mass is 268 g/mol. The van der Waals surface area contributed by atoms with E-state index in [1.54, 1.807) is 6.92 Å². The topological polar surface area (TPSA) is 43.4 Å². The molecule has 2 unspecified atom stereocenters. The summed E-state index contributed by atoms with van der Waals surface area (Å²) in [6.45, 7) is 7.27. The Hall–Kier alpha value is -0.770. The molecule has 0 aromatic carbocycles. The average Bonchev–Trinajstić information content (AvgIpc) is 2.72. The van der Waals surface area contributed by atoms with E-state index in [-0.39, 0.29) is 11.1 Å². The molecule has 0 heterocycles. The predicted molar refractivity (Wildman–Crippen MR) is 72.3 cm³/mol. The van der Waals surface area contributed by atoms with Crippen LogP contribution in [0.3, 0.4) is 0 Å². The van der Waals surface area contributed by atoms with Gasteiger partial charge in [-0.2, -0.15) is 0 Å². The number of hydrogen-bond donors (Lipinski definition) is 0. The fourth-order valence-corrected chi connectivity index (χ4v) is 3.81. The molecule has 0 N–H and O–H groups in total. The molecule has 2 aliphatic carbocycles. The highest BCUT2D eigenvalue weighted by Gasteiger charge is 2.42. The van der Waals surface area contributed by atoms with Crippen molar-refractivity contribution in [2.75, 3.05) is 0 Å². The first-order chi connectivity index (χ1) is 8.26. The lowest BCUT2D eigenvalue weighted by Crippen LogP contribution is -2.26. The van der Waals surface area contributed by atoms with E-state index < -0.39 is 5.60 Å². The summed E-state index contributed by atoms with van der Waals surface area (Å²) >= 11 is 1.43. The van der Waals surface area contributed by atoms with Gasteiger partial charge in [0.05, 0.1) is 0 Å². The second-order valence-corrected chi connectivity index (χ2v) is 7.52. The van der Waals surface area contributed by atoms with E-state index in [2.05, 4.69) is 0 Å². The number of carbonyl (C=O) groups excluding carboxylic acids is 2. The Morgan fingerprint density at radius 1 is 1.22 bits per heavy atom. The highest BCUT2D eigenvalue weighted by Crippen LogP contribution is 2.49. The highest BCUT2D eigenvalue weighted by atomic mass is 32.2. The number of rotatable bonds is 2. The number of esters is 1. The molecular weight excluding hydrogens is 248 g/mol. The van der Waals surface area contributed by atoms with Crippen LogP contribution >= 0.6 is 11.8 Å². The molecule has 4 heteroatoms. The van der Waals surface area contributed by atoms with Gasteiger partial charge in [-0.3, -0.25) is 4.79 Å². The van der Waals surface area contributed by atoms with Crippen LogP contribution in [-0.2, 0) is 14.3 Å². The number of hydrogen-bond acceptors (Lipinski definition) is 4. The fraction of sp³-hybridized carbons (Fsp3) is 0.714. The molecule has 1 saturated carbocycles. The second-order valence-electron chi connectivity index (χ2n) is 6.10. The van der Waals surface area contributed by atoms with Gasteiger partial charge in [0.2, 0.25) is 0 Å². The van der Waals surface area contributed by atoms with Crippen LogP contribution in [0.2, 0.25) is 0 Å². The van der Waals surface area contributed by atoms with Crippen LogP contribution in [0.4, 0.5) is 0 Å². The lowest BCUT2D eigenvalue weighted by Gasteiger charge is -2.23. The van der Waals surface area contributed by atoms with Crippen molar-refractivity contribution in [1.82, 2.24) is 0 Å². The van der Waals surface area contributed by atoms with Crippen molar-refractivity contribution in [3.63, 3.8) is 0 Å². The summed E-state index contributed by atoms with van der Waals surface area (Å²) in [4.78, 5) is 23.2. The zero-order valence-electron chi connectivity index (χ0n) is 11.4. The van der Waals surface area contributed by atoms with E-state index in [0.29, 0.717) is 11.2 Å². The van der Waals surface area contributed by atoms with E-state index in [4.69, 9.17) is 4.74 Å². The SMILES string of the molecule is CC(=O)SC1CC2=C(C(=O)OC(C)(C)C)CC1C2. The van der Waals surface area contributed by atoms with Crippen molar-refractivity contribution in [3.8, 4) is 0 Å². The van der Waals surface area contributed by atoms with Gasteiger partial charge in [-0.1, -0.05) is 17.3 Å². The minimum Gasteiger partial charge on any atom is -0.457 e. The molecule has 2 aliphatic rings. The third-order valence-electron chi connectivity index (χ3n) is 3.34. The van der Waals surface area contributed by atoms with Crippen LogP contribution in [0.1, 0.15) is 47.0 Å². The maximum Gasteiger partial charge on any atom is 0.334 e. The molecule has 0 radical (unpaired) electrons. The Morgan fingerprint density at radius 2 is 1.89 bits per heavy atom. The van der Waals surface area contributed by atoms with Crippen LogP contribution in [0.5, 0.6) is 0 Å². The lowest BCUT2D eigenvalue weighted by molar-refractivity contribution is -0.150. The Kier molecular flexibility index (Phi) is 3.58. The Balaban J connectivity index is 2.02. The van der Waals surface area contributed by atoms with E-state index in [1.165, 1.54) is 17.3 Å². The fourth-order valence-electron chi connectivity index (χ4n) is 2.72. The first kappa shape index (κ1) is 13.7. The number of allylic oxidation sites excluding steroid dienone is 1. The zero-order valence-corrected chi connectivity index (χ0v) is 12.2. The van der Waals surface area contributed by atoms with Crippen LogP contribution < -0.4 is 0 Å². The van der Waals surface area contributed by atoms with Crippen molar-refractivity contribution >= 4 is 22.8 Å². The van der Waals surface area contributed by atoms with Gasteiger partial charge in [-0.05, 0) is 46.0 Å². The zero-order chi connectivity index (χ0) is 13.5. The quantitative estimate of drug-likeness (QED) is 0.722. The van der Waals surface area contributed by atoms with Crippen molar-refractivity contribution in [1.29, 1.82) is 0 Å². The third kappa shape index (κ3) is 2.97. The van der Waals surface area contributed by atoms with E-state index >= 15 is 0 Å². The molecule has 100 valence electrons. The van der Waals surface area contributed by atoms with Crippen molar-refractivity contribution < 1.29 is 14.3 Å². The molecule has 0 aromatic rings. The Bertz CT molecular complexity index is 417. The highest BCUT2D eigenvalue weighted by molar-refractivity contribution is 8.14. The van der Waals surface area contributed by atoms with Crippen LogP contribution in [0.25, 0.3) is 0 Å². The Labute approximate surface area is 112 Å². The molecule has 2 atom stereocenters. The largest absolute Gasteiger partial charge is 0.457 e. The molecule has 18 heavy (non-hydrogen) atoms. The minimum atomic E-state index is -0.431. The smallest absolute Gasteiger partial charge is 0.334 e. The first-order valence-corrected chi connectivity index (χ1v) is 7.25. The molecule has 0 amide bonds.